The molecule has 0 bridgehead atoms. The molecule has 7 nitrogen and oxygen atoms in total. The van der Waals surface area contributed by atoms with Gasteiger partial charge in [-0.1, -0.05) is 13.8 Å². The molecule has 1 aliphatic heterocycles. The Morgan fingerprint density at radius 2 is 2.04 bits per heavy atom. The minimum Gasteiger partial charge on any atom is -0.377 e. The van der Waals surface area contributed by atoms with Crippen molar-refractivity contribution in [2.75, 3.05) is 33.0 Å². The van der Waals surface area contributed by atoms with E-state index in [9.17, 15) is 8.42 Å². The van der Waals surface area contributed by atoms with Crippen LogP contribution in [-0.4, -0.2) is 59.5 Å². The molecule has 3 atom stereocenters. The number of nitrogens with zero attached hydrogens (tertiary/aromatic N) is 1. The van der Waals surface area contributed by atoms with Crippen LogP contribution >= 0.6 is 24.0 Å². The number of aliphatic imine (C=N–C) groups is 1. The van der Waals surface area contributed by atoms with Gasteiger partial charge in [-0.25, -0.2) is 13.1 Å². The molecule has 0 spiro atoms. The molecular weight excluding hydrogens is 431 g/mol. The number of hydrogen-bond acceptors (Lipinski definition) is 4. The normalized spacial score (nSPS) is 29.7. The van der Waals surface area contributed by atoms with Crippen LogP contribution in [0.3, 0.4) is 0 Å². The highest BCUT2D eigenvalue weighted by molar-refractivity contribution is 14.0. The molecule has 0 radical (unpaired) electrons. The van der Waals surface area contributed by atoms with Crippen LogP contribution in [0.5, 0.6) is 0 Å². The van der Waals surface area contributed by atoms with Gasteiger partial charge < -0.3 is 15.4 Å². The van der Waals surface area contributed by atoms with Gasteiger partial charge in [0.05, 0.1) is 12.4 Å². The van der Waals surface area contributed by atoms with Crippen molar-refractivity contribution in [1.29, 1.82) is 0 Å². The van der Waals surface area contributed by atoms with E-state index in [0.29, 0.717) is 37.1 Å². The first-order chi connectivity index (χ1) is 10.3. The Balaban J connectivity index is 0.00000264. The van der Waals surface area contributed by atoms with Gasteiger partial charge in [0.2, 0.25) is 10.0 Å². The van der Waals surface area contributed by atoms with E-state index in [-0.39, 0.29) is 29.4 Å². The summed E-state index contributed by atoms with van der Waals surface area (Å²) >= 11 is 0. The first kappa shape index (κ1) is 20.9. The summed E-state index contributed by atoms with van der Waals surface area (Å²) in [5.74, 6) is 1.23. The van der Waals surface area contributed by atoms with Gasteiger partial charge in [-0.3, -0.25) is 4.99 Å². The summed E-state index contributed by atoms with van der Waals surface area (Å²) in [5.41, 5.74) is 0.0771. The zero-order valence-electron chi connectivity index (χ0n) is 14.3. The highest BCUT2D eigenvalue weighted by atomic mass is 127. The van der Waals surface area contributed by atoms with Crippen molar-refractivity contribution in [2.45, 2.75) is 38.8 Å². The number of fused-ring (bicyclic) bond motifs is 1. The third-order valence-electron chi connectivity index (χ3n) is 4.63. The Hall–Kier alpha value is -0.130. The molecule has 3 N–H and O–H groups in total. The van der Waals surface area contributed by atoms with E-state index >= 15 is 0 Å². The summed E-state index contributed by atoms with van der Waals surface area (Å²) in [4.78, 5) is 4.22. The second kappa shape index (κ2) is 8.30. The molecule has 1 saturated carbocycles. The number of halogens is 1. The topological polar surface area (TPSA) is 91.8 Å². The van der Waals surface area contributed by atoms with Crippen molar-refractivity contribution in [3.8, 4) is 0 Å². The summed E-state index contributed by atoms with van der Waals surface area (Å²) < 4.78 is 30.4. The summed E-state index contributed by atoms with van der Waals surface area (Å²) in [6.45, 7) is 6.12. The van der Waals surface area contributed by atoms with Crippen molar-refractivity contribution in [3.05, 3.63) is 0 Å². The summed E-state index contributed by atoms with van der Waals surface area (Å²) in [6.07, 6.45) is 3.77. The van der Waals surface area contributed by atoms with E-state index in [0.717, 1.165) is 19.3 Å². The lowest BCUT2D eigenvalue weighted by Crippen LogP contribution is -2.71. The zero-order valence-corrected chi connectivity index (χ0v) is 17.4. The molecule has 136 valence electrons. The standard InChI is InChI=1S/C14H28N4O3S.HI/c1-14(2)11(10-6-5-9-21-12(10)14)18-13(15-3)16-7-8-17-22(4,19)20;/h10-12,17H,5-9H2,1-4H3,(H2,15,16,18);1H. The summed E-state index contributed by atoms with van der Waals surface area (Å²) in [5, 5.41) is 6.62. The Bertz CT molecular complexity index is 524. The number of guanidine groups is 1. The van der Waals surface area contributed by atoms with Gasteiger partial charge in [-0.15, -0.1) is 24.0 Å². The van der Waals surface area contributed by atoms with Gasteiger partial charge >= 0.3 is 0 Å². The quantitative estimate of drug-likeness (QED) is 0.241. The molecular formula is C14H29IN4O3S. The fourth-order valence-corrected chi connectivity index (χ4v) is 4.05. The van der Waals surface area contributed by atoms with Crippen molar-refractivity contribution in [2.24, 2.45) is 16.3 Å². The van der Waals surface area contributed by atoms with Crippen LogP contribution in [0.25, 0.3) is 0 Å². The molecule has 0 amide bonds. The first-order valence-electron chi connectivity index (χ1n) is 7.79. The van der Waals surface area contributed by atoms with Crippen molar-refractivity contribution in [3.63, 3.8) is 0 Å². The van der Waals surface area contributed by atoms with Gasteiger partial charge in [0.25, 0.3) is 0 Å². The maximum atomic E-state index is 11.0. The molecule has 2 aliphatic rings. The molecule has 2 fully saturated rings. The highest BCUT2D eigenvalue weighted by Crippen LogP contribution is 2.51. The van der Waals surface area contributed by atoms with Crippen LogP contribution in [0.15, 0.2) is 4.99 Å². The van der Waals surface area contributed by atoms with Crippen LogP contribution in [-0.2, 0) is 14.8 Å². The van der Waals surface area contributed by atoms with Gasteiger partial charge in [0.15, 0.2) is 5.96 Å². The molecule has 0 aromatic rings. The molecule has 3 unspecified atom stereocenters. The van der Waals surface area contributed by atoms with Crippen molar-refractivity contribution in [1.82, 2.24) is 15.4 Å². The van der Waals surface area contributed by atoms with Gasteiger partial charge in [-0.05, 0) is 12.8 Å². The van der Waals surface area contributed by atoms with Crippen LogP contribution in [0.4, 0.5) is 0 Å². The Kier molecular flexibility index (Phi) is 7.55. The number of ether oxygens (including phenoxy) is 1. The van der Waals surface area contributed by atoms with E-state index in [1.54, 1.807) is 7.05 Å². The second-order valence-electron chi connectivity index (χ2n) is 6.71. The minimum atomic E-state index is -3.15. The fraction of sp³-hybridized carbons (Fsp3) is 0.929. The van der Waals surface area contributed by atoms with Crippen molar-refractivity contribution < 1.29 is 13.2 Å². The van der Waals surface area contributed by atoms with Crippen LogP contribution in [0.2, 0.25) is 0 Å². The SMILES string of the molecule is CN=C(NCCNS(C)(=O)=O)NC1C2CCCOC2C1(C)C.I. The van der Waals surface area contributed by atoms with E-state index < -0.39 is 10.0 Å². The molecule has 23 heavy (non-hydrogen) atoms. The maximum Gasteiger partial charge on any atom is 0.208 e. The summed E-state index contributed by atoms with van der Waals surface area (Å²) in [7, 11) is -1.42. The lowest BCUT2D eigenvalue weighted by atomic mass is 9.55. The Morgan fingerprint density at radius 3 is 2.65 bits per heavy atom. The predicted octanol–water partition coefficient (Wildman–Crippen LogP) is 0.522. The average Bonchev–Trinajstić information content (AvgIpc) is 2.45. The van der Waals surface area contributed by atoms with Gasteiger partial charge in [0.1, 0.15) is 0 Å². The van der Waals surface area contributed by atoms with Gasteiger partial charge in [0, 0.05) is 44.1 Å². The molecule has 0 aromatic carbocycles. The van der Waals surface area contributed by atoms with E-state index in [4.69, 9.17) is 4.74 Å². The van der Waals surface area contributed by atoms with Crippen LogP contribution in [0, 0.1) is 11.3 Å². The summed E-state index contributed by atoms with van der Waals surface area (Å²) in [6, 6.07) is 0.326. The smallest absolute Gasteiger partial charge is 0.208 e. The monoisotopic (exact) mass is 460 g/mol. The zero-order chi connectivity index (χ0) is 16.4. The molecule has 0 aromatic heterocycles. The fourth-order valence-electron chi connectivity index (χ4n) is 3.57. The molecule has 1 saturated heterocycles. The number of nitrogens with one attached hydrogen (secondary N) is 3. The number of hydrogen-bond donors (Lipinski definition) is 3. The maximum absolute atomic E-state index is 11.0. The molecule has 1 aliphatic carbocycles. The Labute approximate surface area is 156 Å². The molecule has 2 rings (SSSR count). The van der Waals surface area contributed by atoms with Crippen LogP contribution in [0.1, 0.15) is 26.7 Å². The average molecular weight is 460 g/mol. The third-order valence-corrected chi connectivity index (χ3v) is 5.36. The van der Waals surface area contributed by atoms with Gasteiger partial charge in [-0.2, -0.15) is 0 Å². The van der Waals surface area contributed by atoms with Crippen molar-refractivity contribution >= 4 is 40.0 Å². The largest absolute Gasteiger partial charge is 0.377 e. The third kappa shape index (κ3) is 5.17. The number of rotatable bonds is 5. The lowest BCUT2D eigenvalue weighted by molar-refractivity contribution is -0.188. The Morgan fingerprint density at radius 1 is 1.35 bits per heavy atom. The highest BCUT2D eigenvalue weighted by Gasteiger charge is 2.58. The number of sulfonamides is 1. The minimum absolute atomic E-state index is 0. The van der Waals surface area contributed by atoms with E-state index in [1.165, 1.54) is 6.42 Å². The molecule has 9 heteroatoms. The predicted molar refractivity (Wildman–Crippen MR) is 103 cm³/mol. The van der Waals surface area contributed by atoms with Crippen LogP contribution < -0.4 is 15.4 Å². The van der Waals surface area contributed by atoms with E-state index in [2.05, 4.69) is 34.2 Å². The lowest BCUT2D eigenvalue weighted by Gasteiger charge is -2.60. The van der Waals surface area contributed by atoms with E-state index in [1.807, 2.05) is 0 Å². The first-order valence-corrected chi connectivity index (χ1v) is 9.68. The second-order valence-corrected chi connectivity index (χ2v) is 8.54. The molecule has 1 heterocycles.